The van der Waals surface area contributed by atoms with Gasteiger partial charge in [0.25, 0.3) is 0 Å². The molecule has 0 amide bonds. The zero-order chi connectivity index (χ0) is 12.5. The molecule has 2 N–H and O–H groups in total. The molecule has 0 saturated carbocycles. The molecule has 1 aliphatic rings. The Morgan fingerprint density at radius 1 is 0.944 bits per heavy atom. The summed E-state index contributed by atoms with van der Waals surface area (Å²) in [5.41, 5.74) is 10.1. The van der Waals surface area contributed by atoms with Crippen molar-refractivity contribution in [2.45, 2.75) is 18.5 Å². The second-order valence-corrected chi connectivity index (χ2v) is 4.93. The first-order chi connectivity index (χ1) is 8.77. The van der Waals surface area contributed by atoms with Crippen molar-refractivity contribution in [3.8, 4) is 0 Å². The molecular formula is C16H18N2. The Balaban J connectivity index is 1.96. The first-order valence-electron chi connectivity index (χ1n) is 6.39. The standard InChI is InChI=1S/C16H18N2/c1-18(12-7-3-2-4-8-12)16-11-15(17)13-9-5-6-10-14(13)16/h2-10,15-16H,11,17H2,1H3. The van der Waals surface area contributed by atoms with E-state index in [0.29, 0.717) is 6.04 Å². The van der Waals surface area contributed by atoms with Crippen LogP contribution in [0.5, 0.6) is 0 Å². The lowest BCUT2D eigenvalue weighted by molar-refractivity contribution is 0.594. The number of benzene rings is 2. The lowest BCUT2D eigenvalue weighted by Crippen LogP contribution is -2.22. The second kappa shape index (κ2) is 4.46. The molecule has 0 aliphatic heterocycles. The van der Waals surface area contributed by atoms with Crippen molar-refractivity contribution in [2.75, 3.05) is 11.9 Å². The number of fused-ring (bicyclic) bond motifs is 1. The van der Waals surface area contributed by atoms with E-state index in [2.05, 4.69) is 60.5 Å². The van der Waals surface area contributed by atoms with E-state index in [0.717, 1.165) is 6.42 Å². The Kier molecular flexibility index (Phi) is 2.80. The van der Waals surface area contributed by atoms with E-state index in [-0.39, 0.29) is 6.04 Å². The predicted octanol–water partition coefficient (Wildman–Crippen LogP) is 3.27. The molecule has 0 bridgehead atoms. The van der Waals surface area contributed by atoms with Crippen LogP contribution in [0.2, 0.25) is 0 Å². The van der Waals surface area contributed by atoms with Crippen LogP contribution in [0.4, 0.5) is 5.69 Å². The number of nitrogens with two attached hydrogens (primary N) is 1. The monoisotopic (exact) mass is 238 g/mol. The van der Waals surface area contributed by atoms with Crippen molar-refractivity contribution in [3.63, 3.8) is 0 Å². The third-order valence-corrected chi connectivity index (χ3v) is 3.86. The highest BCUT2D eigenvalue weighted by molar-refractivity contribution is 5.51. The van der Waals surface area contributed by atoms with Crippen LogP contribution in [0.3, 0.4) is 0 Å². The Bertz CT molecular complexity index is 536. The summed E-state index contributed by atoms with van der Waals surface area (Å²) < 4.78 is 0. The first kappa shape index (κ1) is 11.3. The number of para-hydroxylation sites is 1. The van der Waals surface area contributed by atoms with Gasteiger partial charge in [-0.1, -0.05) is 42.5 Å². The summed E-state index contributed by atoms with van der Waals surface area (Å²) in [7, 11) is 2.15. The molecule has 18 heavy (non-hydrogen) atoms. The predicted molar refractivity (Wildman–Crippen MR) is 75.6 cm³/mol. The van der Waals surface area contributed by atoms with E-state index in [1.165, 1.54) is 16.8 Å². The van der Waals surface area contributed by atoms with Crippen LogP contribution in [0, 0.1) is 0 Å². The molecule has 2 aromatic rings. The van der Waals surface area contributed by atoms with Crippen molar-refractivity contribution in [1.82, 2.24) is 0 Å². The molecule has 2 aromatic carbocycles. The van der Waals surface area contributed by atoms with Gasteiger partial charge in [0.15, 0.2) is 0 Å². The number of hydrogen-bond acceptors (Lipinski definition) is 2. The fourth-order valence-electron chi connectivity index (χ4n) is 2.86. The molecule has 0 heterocycles. The van der Waals surface area contributed by atoms with Crippen molar-refractivity contribution < 1.29 is 0 Å². The molecule has 2 nitrogen and oxygen atoms in total. The van der Waals surface area contributed by atoms with Gasteiger partial charge in [0, 0.05) is 18.8 Å². The van der Waals surface area contributed by atoms with Crippen LogP contribution in [0.25, 0.3) is 0 Å². The molecule has 92 valence electrons. The fourth-order valence-corrected chi connectivity index (χ4v) is 2.86. The van der Waals surface area contributed by atoms with E-state index in [1.807, 2.05) is 6.07 Å². The van der Waals surface area contributed by atoms with Crippen molar-refractivity contribution in [3.05, 3.63) is 65.7 Å². The molecule has 1 aliphatic carbocycles. The van der Waals surface area contributed by atoms with Gasteiger partial charge >= 0.3 is 0 Å². The van der Waals surface area contributed by atoms with Gasteiger partial charge in [0.05, 0.1) is 6.04 Å². The second-order valence-electron chi connectivity index (χ2n) is 4.93. The zero-order valence-electron chi connectivity index (χ0n) is 10.6. The topological polar surface area (TPSA) is 29.3 Å². The number of hydrogen-bond donors (Lipinski definition) is 1. The summed E-state index contributed by atoms with van der Waals surface area (Å²) in [5.74, 6) is 0. The lowest BCUT2D eigenvalue weighted by Gasteiger charge is -2.27. The summed E-state index contributed by atoms with van der Waals surface area (Å²) >= 11 is 0. The number of nitrogens with zero attached hydrogens (tertiary/aromatic N) is 1. The smallest absolute Gasteiger partial charge is 0.0560 e. The summed E-state index contributed by atoms with van der Waals surface area (Å²) in [6.45, 7) is 0. The number of anilines is 1. The minimum absolute atomic E-state index is 0.164. The van der Waals surface area contributed by atoms with Gasteiger partial charge in [-0.2, -0.15) is 0 Å². The van der Waals surface area contributed by atoms with Gasteiger partial charge in [0.1, 0.15) is 0 Å². The Morgan fingerprint density at radius 2 is 1.56 bits per heavy atom. The van der Waals surface area contributed by atoms with E-state index in [1.54, 1.807) is 0 Å². The average molecular weight is 238 g/mol. The molecule has 0 radical (unpaired) electrons. The average Bonchev–Trinajstić information content (AvgIpc) is 2.77. The normalized spacial score (nSPS) is 21.7. The van der Waals surface area contributed by atoms with Crippen LogP contribution in [0.1, 0.15) is 29.6 Å². The molecule has 0 aromatic heterocycles. The largest absolute Gasteiger partial charge is 0.367 e. The SMILES string of the molecule is CN(c1ccccc1)C1CC(N)c2ccccc21. The first-order valence-corrected chi connectivity index (χ1v) is 6.39. The highest BCUT2D eigenvalue weighted by atomic mass is 15.1. The van der Waals surface area contributed by atoms with Gasteiger partial charge in [-0.3, -0.25) is 0 Å². The van der Waals surface area contributed by atoms with Crippen molar-refractivity contribution >= 4 is 5.69 Å². The third-order valence-electron chi connectivity index (χ3n) is 3.86. The minimum Gasteiger partial charge on any atom is -0.367 e. The fraction of sp³-hybridized carbons (Fsp3) is 0.250. The van der Waals surface area contributed by atoms with Gasteiger partial charge in [-0.05, 0) is 29.7 Å². The molecule has 0 fully saturated rings. The molecular weight excluding hydrogens is 220 g/mol. The van der Waals surface area contributed by atoms with Crippen molar-refractivity contribution in [1.29, 1.82) is 0 Å². The maximum Gasteiger partial charge on any atom is 0.0560 e. The lowest BCUT2D eigenvalue weighted by atomic mass is 10.1. The Labute approximate surface area is 108 Å². The Morgan fingerprint density at radius 3 is 2.28 bits per heavy atom. The van der Waals surface area contributed by atoms with Gasteiger partial charge in [-0.25, -0.2) is 0 Å². The number of rotatable bonds is 2. The molecule has 3 rings (SSSR count). The van der Waals surface area contributed by atoms with E-state index in [4.69, 9.17) is 5.73 Å². The molecule has 0 saturated heterocycles. The van der Waals surface area contributed by atoms with E-state index >= 15 is 0 Å². The highest BCUT2D eigenvalue weighted by Gasteiger charge is 2.30. The zero-order valence-corrected chi connectivity index (χ0v) is 10.6. The minimum atomic E-state index is 0.164. The Hall–Kier alpha value is -1.80. The quantitative estimate of drug-likeness (QED) is 0.870. The summed E-state index contributed by atoms with van der Waals surface area (Å²) in [5, 5.41) is 0. The van der Waals surface area contributed by atoms with Crippen LogP contribution >= 0.6 is 0 Å². The molecule has 2 heteroatoms. The summed E-state index contributed by atoms with van der Waals surface area (Å²) in [4.78, 5) is 2.33. The summed E-state index contributed by atoms with van der Waals surface area (Å²) in [6.07, 6.45) is 0.991. The van der Waals surface area contributed by atoms with Crippen LogP contribution in [-0.4, -0.2) is 7.05 Å². The van der Waals surface area contributed by atoms with Gasteiger partial charge in [0.2, 0.25) is 0 Å². The van der Waals surface area contributed by atoms with E-state index in [9.17, 15) is 0 Å². The summed E-state index contributed by atoms with van der Waals surface area (Å²) in [6, 6.07) is 19.6. The van der Waals surface area contributed by atoms with Crippen LogP contribution in [-0.2, 0) is 0 Å². The third kappa shape index (κ3) is 1.79. The van der Waals surface area contributed by atoms with Crippen molar-refractivity contribution in [2.24, 2.45) is 5.73 Å². The van der Waals surface area contributed by atoms with Crippen LogP contribution in [0.15, 0.2) is 54.6 Å². The van der Waals surface area contributed by atoms with Crippen LogP contribution < -0.4 is 10.6 Å². The molecule has 0 spiro atoms. The highest BCUT2D eigenvalue weighted by Crippen LogP contribution is 2.41. The molecule has 2 unspecified atom stereocenters. The maximum atomic E-state index is 6.23. The maximum absolute atomic E-state index is 6.23. The van der Waals surface area contributed by atoms with Gasteiger partial charge in [-0.15, -0.1) is 0 Å². The van der Waals surface area contributed by atoms with E-state index < -0.39 is 0 Å². The van der Waals surface area contributed by atoms with Gasteiger partial charge < -0.3 is 10.6 Å². The molecule has 2 atom stereocenters.